The van der Waals surface area contributed by atoms with Crippen molar-refractivity contribution in [2.75, 3.05) is 0 Å². The highest BCUT2D eigenvalue weighted by Gasteiger charge is 1.97. The molecule has 0 unspecified atom stereocenters. The second kappa shape index (κ2) is 5.90. The van der Waals surface area contributed by atoms with Crippen molar-refractivity contribution in [3.63, 3.8) is 0 Å². The van der Waals surface area contributed by atoms with Crippen molar-refractivity contribution in [1.82, 2.24) is 0 Å². The smallest absolute Gasteiger partial charge is 0.0109 e. The van der Waals surface area contributed by atoms with Crippen LogP contribution in [-0.2, 0) is 0 Å². The molecule has 0 N–H and O–H groups in total. The first kappa shape index (κ1) is 11.3. The van der Waals surface area contributed by atoms with Crippen molar-refractivity contribution < 1.29 is 0 Å². The van der Waals surface area contributed by atoms with Gasteiger partial charge < -0.3 is 0 Å². The van der Waals surface area contributed by atoms with Crippen molar-refractivity contribution in [3.8, 4) is 0 Å². The maximum atomic E-state index is 4.32. The Morgan fingerprint density at radius 2 is 1.92 bits per heavy atom. The van der Waals surface area contributed by atoms with E-state index in [0.29, 0.717) is 0 Å². The molecule has 0 rings (SSSR count). The third-order valence-electron chi connectivity index (χ3n) is 1.66. The van der Waals surface area contributed by atoms with Crippen LogP contribution in [0.25, 0.3) is 0 Å². The molecule has 0 atom stereocenters. The zero-order valence-corrected chi connectivity index (χ0v) is 8.86. The van der Waals surface area contributed by atoms with Gasteiger partial charge in [0.2, 0.25) is 0 Å². The monoisotopic (exact) mass is 180 g/mol. The lowest BCUT2D eigenvalue weighted by molar-refractivity contribution is 1.38. The van der Waals surface area contributed by atoms with E-state index in [9.17, 15) is 0 Å². The molecule has 0 aliphatic rings. The topological polar surface area (TPSA) is 0 Å². The number of thiol groups is 1. The van der Waals surface area contributed by atoms with E-state index in [1.54, 1.807) is 6.08 Å². The number of rotatable bonds is 3. The molecule has 0 nitrogen and oxygen atoms in total. The summed E-state index contributed by atoms with van der Waals surface area (Å²) < 4.78 is 0. The Hall–Kier alpha value is -0.690. The minimum Gasteiger partial charge on any atom is -0.143 e. The van der Waals surface area contributed by atoms with E-state index in [2.05, 4.69) is 32.2 Å². The predicted molar refractivity (Wildman–Crippen MR) is 60.5 cm³/mol. The SMILES string of the molecule is C=C/C(S)=C(\C=C/C)C(/C)=C\C. The Bertz CT molecular complexity index is 242. The average molecular weight is 180 g/mol. The summed E-state index contributed by atoms with van der Waals surface area (Å²) in [7, 11) is 0. The Balaban J connectivity index is 5.04. The zero-order chi connectivity index (χ0) is 9.56. The quantitative estimate of drug-likeness (QED) is 0.494. The fraction of sp³-hybridized carbons (Fsp3) is 0.273. The third kappa shape index (κ3) is 3.14. The van der Waals surface area contributed by atoms with E-state index in [-0.39, 0.29) is 0 Å². The molecule has 0 aromatic carbocycles. The van der Waals surface area contributed by atoms with Crippen LogP contribution in [0.5, 0.6) is 0 Å². The Morgan fingerprint density at radius 3 is 2.25 bits per heavy atom. The highest BCUT2D eigenvalue weighted by atomic mass is 32.1. The van der Waals surface area contributed by atoms with Crippen LogP contribution in [0.4, 0.5) is 0 Å². The van der Waals surface area contributed by atoms with Gasteiger partial charge in [-0.15, -0.1) is 12.6 Å². The molecular weight excluding hydrogens is 164 g/mol. The molecule has 0 bridgehead atoms. The van der Waals surface area contributed by atoms with E-state index >= 15 is 0 Å². The molecule has 0 aliphatic heterocycles. The fourth-order valence-electron chi connectivity index (χ4n) is 0.851. The first-order chi connectivity index (χ1) is 5.67. The standard InChI is InChI=1S/C11H16S/c1-5-8-10(9(4)6-2)11(12)7-3/h5-8,12H,3H2,1-2,4H3/b8-5-,9-6-,11-10-. The summed E-state index contributed by atoms with van der Waals surface area (Å²) in [6.45, 7) is 9.76. The van der Waals surface area contributed by atoms with E-state index < -0.39 is 0 Å². The lowest BCUT2D eigenvalue weighted by atomic mass is 10.1. The molecular formula is C11H16S. The molecule has 0 spiro atoms. The average Bonchev–Trinajstić information content (AvgIpc) is 2.11. The highest BCUT2D eigenvalue weighted by Crippen LogP contribution is 2.19. The molecule has 0 aromatic rings. The van der Waals surface area contributed by atoms with Crippen LogP contribution < -0.4 is 0 Å². The molecule has 12 heavy (non-hydrogen) atoms. The Labute approximate surface area is 80.8 Å². The second-order valence-electron chi connectivity index (χ2n) is 2.47. The van der Waals surface area contributed by atoms with Crippen LogP contribution in [-0.4, -0.2) is 0 Å². The molecule has 0 saturated carbocycles. The molecule has 66 valence electrons. The van der Waals surface area contributed by atoms with Gasteiger partial charge in [0.05, 0.1) is 0 Å². The normalized spacial score (nSPS) is 14.8. The summed E-state index contributed by atoms with van der Waals surface area (Å²) in [6.07, 6.45) is 7.86. The predicted octanol–water partition coefficient (Wildman–Crippen LogP) is 3.90. The zero-order valence-electron chi connectivity index (χ0n) is 7.96. The van der Waals surface area contributed by atoms with Crippen LogP contribution >= 0.6 is 12.6 Å². The fourth-order valence-corrected chi connectivity index (χ4v) is 1.10. The van der Waals surface area contributed by atoms with Gasteiger partial charge in [0, 0.05) is 4.91 Å². The summed E-state index contributed by atoms with van der Waals surface area (Å²) in [5.41, 5.74) is 2.36. The van der Waals surface area contributed by atoms with Gasteiger partial charge in [0.15, 0.2) is 0 Å². The largest absolute Gasteiger partial charge is 0.143 e. The van der Waals surface area contributed by atoms with Crippen molar-refractivity contribution >= 4 is 12.6 Å². The van der Waals surface area contributed by atoms with Gasteiger partial charge in [0.25, 0.3) is 0 Å². The summed E-state index contributed by atoms with van der Waals surface area (Å²) in [4.78, 5) is 0.920. The van der Waals surface area contributed by atoms with Crippen LogP contribution in [0.15, 0.2) is 46.9 Å². The summed E-state index contributed by atoms with van der Waals surface area (Å²) >= 11 is 4.32. The van der Waals surface area contributed by atoms with E-state index in [0.717, 1.165) is 10.5 Å². The summed E-state index contributed by atoms with van der Waals surface area (Å²) in [5.74, 6) is 0. The van der Waals surface area contributed by atoms with Crippen LogP contribution in [0.1, 0.15) is 20.8 Å². The first-order valence-corrected chi connectivity index (χ1v) is 4.43. The summed E-state index contributed by atoms with van der Waals surface area (Å²) in [5, 5.41) is 0. The van der Waals surface area contributed by atoms with Crippen LogP contribution in [0.3, 0.4) is 0 Å². The van der Waals surface area contributed by atoms with Crippen molar-refractivity contribution in [3.05, 3.63) is 46.9 Å². The maximum absolute atomic E-state index is 4.32. The van der Waals surface area contributed by atoms with Gasteiger partial charge in [-0.2, -0.15) is 0 Å². The van der Waals surface area contributed by atoms with Crippen LogP contribution in [0, 0.1) is 0 Å². The minimum atomic E-state index is 0.920. The van der Waals surface area contributed by atoms with Crippen molar-refractivity contribution in [2.45, 2.75) is 20.8 Å². The number of hydrogen-bond acceptors (Lipinski definition) is 1. The molecule has 0 saturated heterocycles. The molecule has 1 heteroatoms. The summed E-state index contributed by atoms with van der Waals surface area (Å²) in [6, 6.07) is 0. The van der Waals surface area contributed by atoms with Gasteiger partial charge in [-0.1, -0.05) is 30.9 Å². The van der Waals surface area contributed by atoms with Crippen molar-refractivity contribution in [2.24, 2.45) is 0 Å². The van der Waals surface area contributed by atoms with E-state index in [1.807, 2.05) is 26.0 Å². The lowest BCUT2D eigenvalue weighted by Gasteiger charge is -2.03. The first-order valence-electron chi connectivity index (χ1n) is 3.99. The molecule has 0 radical (unpaired) electrons. The minimum absolute atomic E-state index is 0.920. The molecule has 0 aliphatic carbocycles. The molecule has 0 fully saturated rings. The van der Waals surface area contributed by atoms with E-state index in [1.165, 1.54) is 5.57 Å². The Morgan fingerprint density at radius 1 is 1.33 bits per heavy atom. The molecule has 0 amide bonds. The van der Waals surface area contributed by atoms with Crippen LogP contribution in [0.2, 0.25) is 0 Å². The molecule has 0 aromatic heterocycles. The number of hydrogen-bond donors (Lipinski definition) is 1. The van der Waals surface area contributed by atoms with Gasteiger partial charge in [0.1, 0.15) is 0 Å². The van der Waals surface area contributed by atoms with Gasteiger partial charge in [-0.25, -0.2) is 0 Å². The number of allylic oxidation sites excluding steroid dienone is 6. The highest BCUT2D eigenvalue weighted by molar-refractivity contribution is 7.84. The van der Waals surface area contributed by atoms with Crippen molar-refractivity contribution in [1.29, 1.82) is 0 Å². The lowest BCUT2D eigenvalue weighted by Crippen LogP contribution is -1.83. The maximum Gasteiger partial charge on any atom is 0.0109 e. The van der Waals surface area contributed by atoms with Gasteiger partial charge in [-0.05, 0) is 31.9 Å². The third-order valence-corrected chi connectivity index (χ3v) is 2.08. The molecule has 0 heterocycles. The van der Waals surface area contributed by atoms with Gasteiger partial charge >= 0.3 is 0 Å². The van der Waals surface area contributed by atoms with E-state index in [4.69, 9.17) is 0 Å². The Kier molecular flexibility index (Phi) is 5.56. The van der Waals surface area contributed by atoms with Gasteiger partial charge in [-0.3, -0.25) is 0 Å². The second-order valence-corrected chi connectivity index (χ2v) is 2.96.